The van der Waals surface area contributed by atoms with E-state index >= 15 is 0 Å². The van der Waals surface area contributed by atoms with Crippen LogP contribution in [0.1, 0.15) is 205 Å². The number of phenolic OH excluding ortho intramolecular Hbond substituents is 1. The van der Waals surface area contributed by atoms with E-state index in [1.54, 1.807) is 42.0 Å². The minimum absolute atomic E-state index is 0.0201. The van der Waals surface area contributed by atoms with Crippen molar-refractivity contribution in [2.75, 3.05) is 13.2 Å². The molecule has 0 bridgehead atoms. The molecule has 0 spiro atoms. The van der Waals surface area contributed by atoms with Crippen LogP contribution in [0.4, 0.5) is 0 Å². The topological polar surface area (TPSA) is 106 Å². The van der Waals surface area contributed by atoms with Crippen molar-refractivity contribution >= 4 is 18.1 Å². The maximum atomic E-state index is 13.0. The number of hydrogen-bond donors (Lipinski definition) is 2. The Morgan fingerprint density at radius 1 is 0.800 bits per heavy atom. The first-order valence-electron chi connectivity index (χ1n) is 26.3. The molecule has 0 unspecified atom stereocenters. The van der Waals surface area contributed by atoms with E-state index in [4.69, 9.17) is 14.2 Å². The highest BCUT2D eigenvalue weighted by atomic mass is 16.5. The van der Waals surface area contributed by atoms with Gasteiger partial charge in [0.05, 0.1) is 19.4 Å². The zero-order valence-corrected chi connectivity index (χ0v) is 41.4. The molecule has 0 heterocycles. The number of fused-ring (bicyclic) bond motifs is 5. The van der Waals surface area contributed by atoms with Gasteiger partial charge in [0.15, 0.2) is 0 Å². The van der Waals surface area contributed by atoms with Gasteiger partial charge in [0.2, 0.25) is 0 Å². The standard InChI is InChI=1S/C57H86N2O6/c1-7-8-9-10-11-12-13-14-15-16-36-63-46-26-22-43(23-27-46)55(62)59-58-40-44-24-28-47(39-53(44)60)64-37-18-21-54(61)65-48-32-34-56(5)45(38-48)25-29-49-51-31-30-50(42(4)20-17-19-41(2)3)57(51,6)35-33-52(49)56/h22-28,39-42,48-52,60H,7-21,29-38H2,1-6H3,(H,59,62)/b58-40+/t42-,48+,49+,50-,51+,52+,56+,57-/m1/s1. The maximum Gasteiger partial charge on any atom is 0.306 e. The zero-order valence-electron chi connectivity index (χ0n) is 41.4. The Hall–Kier alpha value is -3.81. The molecular formula is C57H86N2O6. The van der Waals surface area contributed by atoms with Crippen LogP contribution in [0.3, 0.4) is 0 Å². The molecule has 2 aromatic carbocycles. The van der Waals surface area contributed by atoms with Crippen LogP contribution in [0.5, 0.6) is 17.2 Å². The fourth-order valence-electron chi connectivity index (χ4n) is 12.8. The second-order valence-corrected chi connectivity index (χ2v) is 21.6. The smallest absolute Gasteiger partial charge is 0.306 e. The van der Waals surface area contributed by atoms with Crippen molar-refractivity contribution in [3.8, 4) is 17.2 Å². The van der Waals surface area contributed by atoms with E-state index < -0.39 is 0 Å². The molecule has 0 aliphatic heterocycles. The third-order valence-electron chi connectivity index (χ3n) is 16.6. The summed E-state index contributed by atoms with van der Waals surface area (Å²) in [7, 11) is 0. The number of rotatable bonds is 26. The highest BCUT2D eigenvalue weighted by molar-refractivity contribution is 5.95. The fourth-order valence-corrected chi connectivity index (χ4v) is 12.8. The molecule has 8 heteroatoms. The summed E-state index contributed by atoms with van der Waals surface area (Å²) >= 11 is 0. The minimum atomic E-state index is -0.354. The van der Waals surface area contributed by atoms with E-state index in [-0.39, 0.29) is 29.1 Å². The third-order valence-corrected chi connectivity index (χ3v) is 16.6. The Morgan fingerprint density at radius 3 is 2.22 bits per heavy atom. The number of ether oxygens (including phenoxy) is 3. The Balaban J connectivity index is 0.851. The van der Waals surface area contributed by atoms with Gasteiger partial charge in [0, 0.05) is 30.0 Å². The Bertz CT molecular complexity index is 1860. The number of carbonyl (C=O) groups excluding carboxylic acids is 2. The van der Waals surface area contributed by atoms with Crippen molar-refractivity contribution in [2.24, 2.45) is 51.4 Å². The summed E-state index contributed by atoms with van der Waals surface area (Å²) in [6.07, 6.45) is 31.4. The quantitative estimate of drug-likeness (QED) is 0.0320. The van der Waals surface area contributed by atoms with E-state index in [2.05, 4.69) is 58.1 Å². The predicted molar refractivity (Wildman–Crippen MR) is 265 cm³/mol. The summed E-state index contributed by atoms with van der Waals surface area (Å²) in [6, 6.07) is 12.0. The lowest BCUT2D eigenvalue weighted by Crippen LogP contribution is -2.51. The molecule has 4 aliphatic rings. The van der Waals surface area contributed by atoms with E-state index in [0.29, 0.717) is 48.3 Å². The van der Waals surface area contributed by atoms with Crippen LogP contribution in [0.25, 0.3) is 0 Å². The number of hydrogen-bond acceptors (Lipinski definition) is 7. The molecular weight excluding hydrogens is 809 g/mol. The molecule has 4 aliphatic carbocycles. The molecule has 0 aromatic heterocycles. The van der Waals surface area contributed by atoms with Gasteiger partial charge in [-0.25, -0.2) is 5.43 Å². The summed E-state index contributed by atoms with van der Waals surface area (Å²) in [4.78, 5) is 25.7. The number of aromatic hydroxyl groups is 1. The fraction of sp³-hybridized carbons (Fsp3) is 0.702. The van der Waals surface area contributed by atoms with Crippen LogP contribution >= 0.6 is 0 Å². The third kappa shape index (κ3) is 13.9. The van der Waals surface area contributed by atoms with Gasteiger partial charge in [-0.15, -0.1) is 0 Å². The van der Waals surface area contributed by atoms with Crippen LogP contribution in [0, 0.1) is 46.3 Å². The minimum Gasteiger partial charge on any atom is -0.507 e. The monoisotopic (exact) mass is 895 g/mol. The van der Waals surface area contributed by atoms with E-state index in [1.807, 2.05) is 0 Å². The summed E-state index contributed by atoms with van der Waals surface area (Å²) in [5, 5.41) is 14.7. The van der Waals surface area contributed by atoms with Crippen molar-refractivity contribution in [3.05, 3.63) is 65.2 Å². The van der Waals surface area contributed by atoms with Gasteiger partial charge in [0.25, 0.3) is 5.91 Å². The molecule has 65 heavy (non-hydrogen) atoms. The molecule has 1 amide bonds. The second-order valence-electron chi connectivity index (χ2n) is 21.6. The molecule has 8 atom stereocenters. The number of nitrogens with one attached hydrogen (secondary N) is 1. The van der Waals surface area contributed by atoms with E-state index in [0.717, 1.165) is 66.9 Å². The van der Waals surface area contributed by atoms with Crippen molar-refractivity contribution in [2.45, 2.75) is 195 Å². The van der Waals surface area contributed by atoms with Gasteiger partial charge in [0.1, 0.15) is 23.4 Å². The zero-order chi connectivity index (χ0) is 46.2. The van der Waals surface area contributed by atoms with Crippen LogP contribution in [0.15, 0.2) is 59.2 Å². The molecule has 3 fully saturated rings. The summed E-state index contributed by atoms with van der Waals surface area (Å²) in [5.74, 6) is 5.61. The number of benzene rings is 2. The Morgan fingerprint density at radius 2 is 1.49 bits per heavy atom. The van der Waals surface area contributed by atoms with Gasteiger partial charge in [-0.3, -0.25) is 9.59 Å². The molecule has 2 N–H and O–H groups in total. The maximum absolute atomic E-state index is 13.0. The van der Waals surface area contributed by atoms with Crippen LogP contribution in [0.2, 0.25) is 0 Å². The highest BCUT2D eigenvalue weighted by Crippen LogP contribution is 2.67. The number of unbranched alkanes of at least 4 members (excludes halogenated alkanes) is 9. The first-order chi connectivity index (χ1) is 31.4. The average Bonchev–Trinajstić information content (AvgIpc) is 3.65. The SMILES string of the molecule is CCCCCCCCCCCCOc1ccc(C(=O)N/N=C/c2ccc(OCCCC(=O)O[C@H]3CC[C@@]4(C)C(=CC[C@H]5[C@@H]6CC[C@H]([C@H](C)CCCC(C)C)[C@@]6(C)CC[C@@H]54)C3)cc2O)cc1. The molecule has 0 saturated heterocycles. The molecule has 3 saturated carbocycles. The summed E-state index contributed by atoms with van der Waals surface area (Å²) < 4.78 is 17.8. The van der Waals surface area contributed by atoms with E-state index in [1.165, 1.54) is 121 Å². The van der Waals surface area contributed by atoms with Gasteiger partial charge in [-0.05, 0) is 141 Å². The van der Waals surface area contributed by atoms with Crippen LogP contribution < -0.4 is 14.9 Å². The second kappa shape index (κ2) is 24.8. The largest absolute Gasteiger partial charge is 0.507 e. The molecule has 0 radical (unpaired) electrons. The number of carbonyl (C=O) groups is 2. The van der Waals surface area contributed by atoms with Crippen molar-refractivity contribution in [1.29, 1.82) is 0 Å². The lowest BCUT2D eigenvalue weighted by molar-refractivity contribution is -0.151. The highest BCUT2D eigenvalue weighted by Gasteiger charge is 2.59. The van der Waals surface area contributed by atoms with Crippen LogP contribution in [-0.2, 0) is 9.53 Å². The van der Waals surface area contributed by atoms with Gasteiger partial charge in [-0.2, -0.15) is 5.10 Å². The molecule has 8 nitrogen and oxygen atoms in total. The number of allylic oxidation sites excluding steroid dienone is 1. The van der Waals surface area contributed by atoms with Gasteiger partial charge in [-0.1, -0.05) is 130 Å². The number of esters is 1. The Kier molecular flexibility index (Phi) is 19.3. The van der Waals surface area contributed by atoms with Crippen molar-refractivity contribution in [1.82, 2.24) is 5.43 Å². The lowest BCUT2D eigenvalue weighted by atomic mass is 9.47. The van der Waals surface area contributed by atoms with E-state index in [9.17, 15) is 14.7 Å². The first kappa shape index (κ1) is 50.6. The average molecular weight is 895 g/mol. The lowest BCUT2D eigenvalue weighted by Gasteiger charge is -2.58. The summed E-state index contributed by atoms with van der Waals surface area (Å²) in [6.45, 7) is 15.7. The molecule has 2 aromatic rings. The van der Waals surface area contributed by atoms with Crippen molar-refractivity contribution < 1.29 is 28.9 Å². The Labute approximate surface area is 393 Å². The number of hydrazone groups is 1. The summed E-state index contributed by atoms with van der Waals surface area (Å²) in [5.41, 5.74) is 5.71. The molecule has 6 rings (SSSR count). The number of amides is 1. The normalized spacial score (nSPS) is 26.5. The number of phenols is 1. The van der Waals surface area contributed by atoms with Crippen molar-refractivity contribution in [3.63, 3.8) is 0 Å². The predicted octanol–water partition coefficient (Wildman–Crippen LogP) is 14.6. The first-order valence-corrected chi connectivity index (χ1v) is 26.3. The molecule has 360 valence electrons. The van der Waals surface area contributed by atoms with Gasteiger partial charge < -0.3 is 19.3 Å². The van der Waals surface area contributed by atoms with Gasteiger partial charge >= 0.3 is 5.97 Å². The number of nitrogens with zero attached hydrogens (tertiary/aromatic N) is 1. The van der Waals surface area contributed by atoms with Crippen LogP contribution in [-0.4, -0.2) is 42.5 Å².